The summed E-state index contributed by atoms with van der Waals surface area (Å²) in [5, 5.41) is 19.4. The Bertz CT molecular complexity index is 242. The summed E-state index contributed by atoms with van der Waals surface area (Å²) >= 11 is 0. The van der Waals surface area contributed by atoms with Crippen LogP contribution in [0, 0.1) is 11.8 Å². The molecule has 0 heterocycles. The molecule has 5 N–H and O–H groups in total. The van der Waals surface area contributed by atoms with Crippen molar-refractivity contribution in [2.24, 2.45) is 17.6 Å². The first-order valence-corrected chi connectivity index (χ1v) is 5.53. The van der Waals surface area contributed by atoms with Gasteiger partial charge in [0.2, 0.25) is 0 Å². The van der Waals surface area contributed by atoms with Gasteiger partial charge in [0.25, 0.3) is 0 Å². The van der Waals surface area contributed by atoms with Gasteiger partial charge in [-0.25, -0.2) is 0 Å². The molecule has 0 saturated carbocycles. The van der Waals surface area contributed by atoms with Crippen molar-refractivity contribution in [2.75, 3.05) is 7.05 Å². The molecule has 0 saturated heterocycles. The fraction of sp³-hybridized carbons (Fsp3) is 0.818. The lowest BCUT2D eigenvalue weighted by Crippen LogP contribution is -2.38. The van der Waals surface area contributed by atoms with Crippen molar-refractivity contribution in [1.82, 2.24) is 5.32 Å². The second kappa shape index (κ2) is 8.95. The largest absolute Gasteiger partial charge is 0.480 e. The molecule has 17 heavy (non-hydrogen) atoms. The van der Waals surface area contributed by atoms with E-state index in [-0.39, 0.29) is 11.8 Å². The Morgan fingerprint density at radius 2 is 1.41 bits per heavy atom. The van der Waals surface area contributed by atoms with E-state index < -0.39 is 24.0 Å². The third-order valence-electron chi connectivity index (χ3n) is 2.25. The van der Waals surface area contributed by atoms with Gasteiger partial charge in [-0.2, -0.15) is 0 Å². The minimum atomic E-state index is -0.931. The number of nitrogens with one attached hydrogen (secondary N) is 1. The zero-order chi connectivity index (χ0) is 14.2. The highest BCUT2D eigenvalue weighted by Gasteiger charge is 2.17. The van der Waals surface area contributed by atoms with Crippen molar-refractivity contribution in [1.29, 1.82) is 0 Å². The molecule has 0 unspecified atom stereocenters. The Balaban J connectivity index is 0. The lowest BCUT2D eigenvalue weighted by atomic mass is 10.1. The molecule has 6 nitrogen and oxygen atoms in total. The molecular formula is C11H24N2O4. The maximum atomic E-state index is 10.3. The van der Waals surface area contributed by atoms with Crippen molar-refractivity contribution in [3.05, 3.63) is 0 Å². The molecule has 0 aromatic rings. The number of carbonyl (C=O) groups is 2. The number of carboxylic acid groups (broad SMARTS) is 2. The number of aliphatic carboxylic acids is 2. The van der Waals surface area contributed by atoms with Crippen LogP contribution in [0.15, 0.2) is 0 Å². The highest BCUT2D eigenvalue weighted by molar-refractivity contribution is 5.73. The summed E-state index contributed by atoms with van der Waals surface area (Å²) in [7, 11) is 1.65. The van der Waals surface area contributed by atoms with Gasteiger partial charge in [-0.1, -0.05) is 27.7 Å². The van der Waals surface area contributed by atoms with Gasteiger partial charge < -0.3 is 21.3 Å². The minimum absolute atomic E-state index is 0.0208. The SMILES string of the molecule is CC(C)[C@H](N)C(=O)O.CN[C@H](C(=O)O)C(C)C. The maximum absolute atomic E-state index is 10.3. The molecule has 0 aromatic heterocycles. The topological polar surface area (TPSA) is 113 Å². The van der Waals surface area contributed by atoms with Gasteiger partial charge in [0.05, 0.1) is 0 Å². The number of hydrogen-bond donors (Lipinski definition) is 4. The first-order valence-electron chi connectivity index (χ1n) is 5.53. The number of nitrogens with two attached hydrogens (primary N) is 1. The summed E-state index contributed by atoms with van der Waals surface area (Å²) in [5.74, 6) is -1.55. The summed E-state index contributed by atoms with van der Waals surface area (Å²) < 4.78 is 0. The van der Waals surface area contributed by atoms with Gasteiger partial charge in [0.15, 0.2) is 0 Å². The smallest absolute Gasteiger partial charge is 0.320 e. The van der Waals surface area contributed by atoms with E-state index in [0.717, 1.165) is 0 Å². The summed E-state index contributed by atoms with van der Waals surface area (Å²) in [6.07, 6.45) is 0. The maximum Gasteiger partial charge on any atom is 0.320 e. The number of likely N-dealkylation sites (N-methyl/N-ethyl adjacent to an activating group) is 1. The van der Waals surface area contributed by atoms with Crippen LogP contribution in [0.4, 0.5) is 0 Å². The summed E-state index contributed by atoms with van der Waals surface area (Å²) in [4.78, 5) is 20.3. The fourth-order valence-corrected chi connectivity index (χ4v) is 1.03. The Kier molecular flexibility index (Phi) is 9.60. The molecule has 0 rings (SSSR count). The molecule has 0 bridgehead atoms. The monoisotopic (exact) mass is 248 g/mol. The van der Waals surface area contributed by atoms with Crippen LogP contribution in [-0.2, 0) is 9.59 Å². The molecule has 0 aromatic carbocycles. The second-order valence-corrected chi connectivity index (χ2v) is 4.46. The molecule has 0 fully saturated rings. The summed E-state index contributed by atoms with van der Waals surface area (Å²) in [5.41, 5.74) is 5.16. The van der Waals surface area contributed by atoms with E-state index in [1.807, 2.05) is 13.8 Å². The van der Waals surface area contributed by atoms with Crippen molar-refractivity contribution in [2.45, 2.75) is 39.8 Å². The predicted molar refractivity (Wildman–Crippen MR) is 65.8 cm³/mol. The molecule has 0 aliphatic carbocycles. The molecule has 2 atom stereocenters. The Morgan fingerprint density at radius 3 is 1.41 bits per heavy atom. The van der Waals surface area contributed by atoms with Crippen molar-refractivity contribution < 1.29 is 19.8 Å². The molecule has 102 valence electrons. The third-order valence-corrected chi connectivity index (χ3v) is 2.25. The van der Waals surface area contributed by atoms with E-state index >= 15 is 0 Å². The predicted octanol–water partition coefficient (Wildman–Crippen LogP) is 0.369. The van der Waals surface area contributed by atoms with Gasteiger partial charge in [-0.15, -0.1) is 0 Å². The van der Waals surface area contributed by atoms with E-state index in [9.17, 15) is 9.59 Å². The average Bonchev–Trinajstić information content (AvgIpc) is 2.16. The fourth-order valence-electron chi connectivity index (χ4n) is 1.03. The summed E-state index contributed by atoms with van der Waals surface area (Å²) in [6, 6.07) is -1.13. The molecule has 6 heteroatoms. The van der Waals surface area contributed by atoms with Gasteiger partial charge in [0.1, 0.15) is 12.1 Å². The molecule has 0 spiro atoms. The van der Waals surface area contributed by atoms with Crippen LogP contribution in [-0.4, -0.2) is 41.3 Å². The Hall–Kier alpha value is -1.14. The molecule has 0 aliphatic rings. The second-order valence-electron chi connectivity index (χ2n) is 4.46. The van der Waals surface area contributed by atoms with Crippen LogP contribution >= 0.6 is 0 Å². The standard InChI is InChI=1S/C6H13NO2.C5H11NO2/c1-4(2)5(7-3)6(8)9;1-3(2)4(6)5(7)8/h4-5,7H,1-3H3,(H,8,9);3-4H,6H2,1-2H3,(H,7,8)/t5-;4-/m00/s1. The molecular weight excluding hydrogens is 224 g/mol. The highest BCUT2D eigenvalue weighted by Crippen LogP contribution is 1.99. The van der Waals surface area contributed by atoms with Crippen molar-refractivity contribution >= 4 is 11.9 Å². The first-order chi connectivity index (χ1) is 7.64. The van der Waals surface area contributed by atoms with Gasteiger partial charge in [-0.3, -0.25) is 9.59 Å². The van der Waals surface area contributed by atoms with E-state index in [2.05, 4.69) is 5.32 Å². The average molecular weight is 248 g/mol. The minimum Gasteiger partial charge on any atom is -0.480 e. The molecule has 0 amide bonds. The lowest BCUT2D eigenvalue weighted by Gasteiger charge is -2.13. The third kappa shape index (κ3) is 8.65. The zero-order valence-corrected chi connectivity index (χ0v) is 11.1. The Labute approximate surface area is 102 Å². The van der Waals surface area contributed by atoms with Crippen LogP contribution in [0.5, 0.6) is 0 Å². The summed E-state index contributed by atoms with van der Waals surface area (Å²) in [6.45, 7) is 7.29. The number of rotatable bonds is 5. The van der Waals surface area contributed by atoms with Crippen LogP contribution < -0.4 is 11.1 Å². The number of carboxylic acids is 2. The van der Waals surface area contributed by atoms with Crippen molar-refractivity contribution in [3.63, 3.8) is 0 Å². The normalized spacial score (nSPS) is 13.9. The molecule has 0 aliphatic heterocycles. The molecule has 0 radical (unpaired) electrons. The van der Waals surface area contributed by atoms with Crippen LogP contribution in [0.3, 0.4) is 0 Å². The van der Waals surface area contributed by atoms with Crippen LogP contribution in [0.25, 0.3) is 0 Å². The first kappa shape index (κ1) is 18.2. The zero-order valence-electron chi connectivity index (χ0n) is 11.1. The van der Waals surface area contributed by atoms with Gasteiger partial charge in [-0.05, 0) is 18.9 Å². The lowest BCUT2D eigenvalue weighted by molar-refractivity contribution is -0.141. The van der Waals surface area contributed by atoms with E-state index in [1.165, 1.54) is 0 Å². The highest BCUT2D eigenvalue weighted by atomic mass is 16.4. The number of hydrogen-bond acceptors (Lipinski definition) is 4. The van der Waals surface area contributed by atoms with Crippen LogP contribution in [0.2, 0.25) is 0 Å². The Morgan fingerprint density at radius 1 is 1.00 bits per heavy atom. The van der Waals surface area contributed by atoms with Crippen LogP contribution in [0.1, 0.15) is 27.7 Å². The van der Waals surface area contributed by atoms with Gasteiger partial charge >= 0.3 is 11.9 Å². The van der Waals surface area contributed by atoms with Crippen molar-refractivity contribution in [3.8, 4) is 0 Å². The van der Waals surface area contributed by atoms with E-state index in [1.54, 1.807) is 20.9 Å². The van der Waals surface area contributed by atoms with E-state index in [0.29, 0.717) is 0 Å². The van der Waals surface area contributed by atoms with E-state index in [4.69, 9.17) is 15.9 Å². The quantitative estimate of drug-likeness (QED) is 0.559. The van der Waals surface area contributed by atoms with Gasteiger partial charge in [0, 0.05) is 0 Å².